The van der Waals surface area contributed by atoms with Gasteiger partial charge in [-0.15, -0.1) is 0 Å². The van der Waals surface area contributed by atoms with Gasteiger partial charge in [-0.2, -0.15) is 0 Å². The van der Waals surface area contributed by atoms with Crippen molar-refractivity contribution in [2.45, 2.75) is 142 Å². The van der Waals surface area contributed by atoms with Gasteiger partial charge in [0.05, 0.1) is 27.2 Å². The van der Waals surface area contributed by atoms with E-state index in [-0.39, 0.29) is 8.41 Å². The third-order valence-corrected chi connectivity index (χ3v) is 6.23. The summed E-state index contributed by atoms with van der Waals surface area (Å²) in [6, 6.07) is 0. The van der Waals surface area contributed by atoms with E-state index in [1.54, 1.807) is 0 Å². The number of hydrogen-bond donors (Lipinski definition) is 0. The Kier molecular flexibility index (Phi) is 25.2. The van der Waals surface area contributed by atoms with Crippen molar-refractivity contribution in [2.75, 3.05) is 27.2 Å². The first-order valence-electron chi connectivity index (χ1n) is 12.9. The minimum absolute atomic E-state index is 0. The average molecular weight is 398 g/mol. The van der Waals surface area contributed by atoms with Crippen LogP contribution in [0.3, 0.4) is 0 Å². The molecule has 0 atom stereocenters. The highest BCUT2D eigenvalue weighted by atomic mass is 15.3. The molecule has 0 saturated carbocycles. The summed E-state index contributed by atoms with van der Waals surface area (Å²) in [6.45, 7) is 7.37. The molecule has 0 saturated heterocycles. The van der Waals surface area contributed by atoms with Gasteiger partial charge >= 0.3 is 0 Å². The molecule has 0 fully saturated rings. The van der Waals surface area contributed by atoms with Crippen LogP contribution in [0.2, 0.25) is 0 Å². The molecule has 0 heterocycles. The molecule has 0 bridgehead atoms. The summed E-state index contributed by atoms with van der Waals surface area (Å²) in [5.74, 6) is 0. The van der Waals surface area contributed by atoms with Crippen LogP contribution in [0.15, 0.2) is 0 Å². The zero-order chi connectivity index (χ0) is 20.1. The van der Waals surface area contributed by atoms with Crippen LogP contribution in [0.25, 0.3) is 0 Å². The predicted octanol–water partition coefficient (Wildman–Crippen LogP) is 7.45. The van der Waals surface area contributed by atoms with Gasteiger partial charge in [0.2, 0.25) is 0 Å². The van der Waals surface area contributed by atoms with E-state index in [0.717, 1.165) is 0 Å². The quantitative estimate of drug-likeness (QED) is 0.101. The lowest BCUT2D eigenvalue weighted by Crippen LogP contribution is -2.41. The van der Waals surface area contributed by atoms with Crippen molar-refractivity contribution >= 4 is 8.41 Å². The topological polar surface area (TPSA) is 0 Å². The summed E-state index contributed by atoms with van der Waals surface area (Å²) >= 11 is 0. The fourth-order valence-electron chi connectivity index (χ4n) is 4.17. The predicted molar refractivity (Wildman–Crippen MR) is 137 cm³/mol. The van der Waals surface area contributed by atoms with Gasteiger partial charge in [-0.3, -0.25) is 0 Å². The Hall–Kier alpha value is 0.0249. The van der Waals surface area contributed by atoms with Crippen LogP contribution in [0.4, 0.5) is 0 Å². The molecule has 0 aliphatic carbocycles. The Labute approximate surface area is 182 Å². The zero-order valence-corrected chi connectivity index (χ0v) is 20.0. The maximum atomic E-state index is 2.45. The van der Waals surface area contributed by atoms with E-state index in [2.05, 4.69) is 27.9 Å². The maximum absolute atomic E-state index is 2.45. The summed E-state index contributed by atoms with van der Waals surface area (Å²) in [4.78, 5) is 0. The van der Waals surface area contributed by atoms with E-state index in [1.807, 2.05) is 0 Å². The number of quaternary nitrogens is 1. The highest BCUT2D eigenvalue weighted by Gasteiger charge is 2.13. The van der Waals surface area contributed by atoms with E-state index in [1.165, 1.54) is 146 Å². The van der Waals surface area contributed by atoms with Crippen molar-refractivity contribution in [1.82, 2.24) is 0 Å². The monoisotopic (exact) mass is 397 g/mol. The first-order valence-corrected chi connectivity index (χ1v) is 12.9. The maximum Gasteiger partial charge on any atom is 0.0782 e. The van der Waals surface area contributed by atoms with E-state index in [0.29, 0.717) is 0 Å². The van der Waals surface area contributed by atoms with Crippen molar-refractivity contribution < 1.29 is 4.48 Å². The molecule has 0 aliphatic rings. The number of unbranched alkanes of at least 4 members (excludes halogenated alkanes) is 18. The molecule has 0 spiro atoms. The molecule has 172 valence electrons. The Bertz CT molecular complexity index is 252. The summed E-state index contributed by atoms with van der Waals surface area (Å²) in [6.07, 6.45) is 29.0. The smallest absolute Gasteiger partial charge is 0.0782 e. The molecule has 0 aromatic carbocycles. The second-order valence-electron chi connectivity index (χ2n) is 9.75. The molecular weight excluding hydrogens is 337 g/mol. The molecule has 28 heavy (non-hydrogen) atoms. The van der Waals surface area contributed by atoms with Crippen LogP contribution < -0.4 is 0 Å². The van der Waals surface area contributed by atoms with E-state index >= 15 is 0 Å². The Balaban J connectivity index is 0. The first kappa shape index (κ1) is 30.2. The molecule has 0 amide bonds. The fraction of sp³-hybridized carbons (Fsp3) is 1.00. The van der Waals surface area contributed by atoms with Gasteiger partial charge < -0.3 is 4.48 Å². The van der Waals surface area contributed by atoms with Crippen LogP contribution in [0.5, 0.6) is 0 Å². The van der Waals surface area contributed by atoms with E-state index in [9.17, 15) is 0 Å². The van der Waals surface area contributed by atoms with Crippen molar-refractivity contribution in [2.24, 2.45) is 0 Å². The summed E-state index contributed by atoms with van der Waals surface area (Å²) in [7, 11) is 4.89. The standard InChI is InChI=1S/C26H56N.BH4/c1-5-7-9-11-13-15-17-19-21-23-25-27(3,4)26-24-22-20-18-16-14-12-10-8-6-2;/h5-26H2,1-4H3;1H4/q+1;-1. The lowest BCUT2D eigenvalue weighted by molar-refractivity contribution is -0.890. The molecule has 0 aromatic rings. The molecular formula is C26H60BN. The SMILES string of the molecule is CCCCCCCCCCCC[N+](C)(C)CCCCCCCCCCCC.[BH4-]. The largest absolute Gasteiger partial charge is 0.328 e. The van der Waals surface area contributed by atoms with Gasteiger partial charge in [-0.25, -0.2) is 0 Å². The molecule has 0 aromatic heterocycles. The van der Waals surface area contributed by atoms with Gasteiger partial charge in [0.1, 0.15) is 0 Å². The minimum atomic E-state index is 0. The Morgan fingerprint density at radius 1 is 0.357 bits per heavy atom. The molecule has 0 radical (unpaired) electrons. The third kappa shape index (κ3) is 24.1. The average Bonchev–Trinajstić information content (AvgIpc) is 2.64. The van der Waals surface area contributed by atoms with Crippen LogP contribution in [0.1, 0.15) is 142 Å². The minimum Gasteiger partial charge on any atom is -0.328 e. The lowest BCUT2D eigenvalue weighted by atomic mass is 10.1. The summed E-state index contributed by atoms with van der Waals surface area (Å²) in [5.41, 5.74) is 0. The van der Waals surface area contributed by atoms with Gasteiger partial charge in [0, 0.05) is 0 Å². The van der Waals surface area contributed by atoms with Crippen LogP contribution in [-0.2, 0) is 0 Å². The molecule has 0 N–H and O–H groups in total. The van der Waals surface area contributed by atoms with Gasteiger partial charge in [0.15, 0.2) is 0 Å². The Morgan fingerprint density at radius 2 is 0.571 bits per heavy atom. The van der Waals surface area contributed by atoms with Gasteiger partial charge in [-0.05, 0) is 25.7 Å². The molecule has 1 nitrogen and oxygen atoms in total. The lowest BCUT2D eigenvalue weighted by Gasteiger charge is -2.30. The third-order valence-electron chi connectivity index (χ3n) is 6.23. The molecule has 2 heteroatoms. The second-order valence-corrected chi connectivity index (χ2v) is 9.75. The van der Waals surface area contributed by atoms with Gasteiger partial charge in [0.25, 0.3) is 0 Å². The van der Waals surface area contributed by atoms with Crippen LogP contribution in [0, 0.1) is 0 Å². The Morgan fingerprint density at radius 3 is 0.821 bits per heavy atom. The number of hydrogen-bond acceptors (Lipinski definition) is 0. The van der Waals surface area contributed by atoms with Crippen molar-refractivity contribution in [3.63, 3.8) is 0 Å². The molecule has 0 rings (SSSR count). The molecule has 0 aliphatic heterocycles. The number of nitrogens with zero attached hydrogens (tertiary/aromatic N) is 1. The summed E-state index contributed by atoms with van der Waals surface area (Å²) < 4.78 is 1.24. The van der Waals surface area contributed by atoms with Crippen LogP contribution in [-0.4, -0.2) is 40.1 Å². The normalized spacial score (nSPS) is 11.6. The van der Waals surface area contributed by atoms with Crippen molar-refractivity contribution in [1.29, 1.82) is 0 Å². The van der Waals surface area contributed by atoms with Gasteiger partial charge in [-0.1, -0.05) is 125 Å². The van der Waals surface area contributed by atoms with Crippen LogP contribution >= 0.6 is 0 Å². The molecule has 0 unspecified atom stereocenters. The first-order chi connectivity index (χ1) is 13.1. The van der Waals surface area contributed by atoms with Crippen molar-refractivity contribution in [3.05, 3.63) is 0 Å². The van der Waals surface area contributed by atoms with E-state index < -0.39 is 0 Å². The highest BCUT2D eigenvalue weighted by Crippen LogP contribution is 2.14. The second kappa shape index (κ2) is 23.3. The summed E-state index contributed by atoms with van der Waals surface area (Å²) in [5, 5.41) is 0. The fourth-order valence-corrected chi connectivity index (χ4v) is 4.17. The number of rotatable bonds is 22. The zero-order valence-electron chi connectivity index (χ0n) is 20.0. The van der Waals surface area contributed by atoms with Crippen molar-refractivity contribution in [3.8, 4) is 0 Å². The van der Waals surface area contributed by atoms with E-state index in [4.69, 9.17) is 0 Å². The highest BCUT2D eigenvalue weighted by molar-refractivity contribution is 5.75.